The summed E-state index contributed by atoms with van der Waals surface area (Å²) in [6.45, 7) is 1.35. The SMILES string of the molecule is CN1CCC12CCCC2. The summed E-state index contributed by atoms with van der Waals surface area (Å²) < 4.78 is 0. The first kappa shape index (κ1) is 5.72. The Hall–Kier alpha value is -0.0400. The summed E-state index contributed by atoms with van der Waals surface area (Å²) in [6, 6.07) is 0. The summed E-state index contributed by atoms with van der Waals surface area (Å²) in [5, 5.41) is 0. The third-order valence-electron chi connectivity index (χ3n) is 3.26. The number of hydrogen-bond acceptors (Lipinski definition) is 1. The van der Waals surface area contributed by atoms with Crippen LogP contribution in [-0.2, 0) is 0 Å². The van der Waals surface area contributed by atoms with Crippen molar-refractivity contribution >= 4 is 0 Å². The van der Waals surface area contributed by atoms with Crippen LogP contribution in [0.25, 0.3) is 0 Å². The molecule has 2 rings (SSSR count). The van der Waals surface area contributed by atoms with Gasteiger partial charge in [-0.15, -0.1) is 0 Å². The van der Waals surface area contributed by atoms with Gasteiger partial charge in [-0.25, -0.2) is 0 Å². The highest BCUT2D eigenvalue weighted by Gasteiger charge is 2.43. The van der Waals surface area contributed by atoms with Gasteiger partial charge in [0.2, 0.25) is 0 Å². The van der Waals surface area contributed by atoms with Crippen molar-refractivity contribution in [3.63, 3.8) is 0 Å². The van der Waals surface area contributed by atoms with Crippen molar-refractivity contribution in [2.45, 2.75) is 37.6 Å². The van der Waals surface area contributed by atoms with Crippen molar-refractivity contribution in [1.82, 2.24) is 4.90 Å². The molecule has 0 bridgehead atoms. The Labute approximate surface area is 57.0 Å². The molecule has 2 aliphatic rings. The molecule has 0 atom stereocenters. The Morgan fingerprint density at radius 1 is 1.11 bits per heavy atom. The second-order valence-corrected chi connectivity index (χ2v) is 3.60. The molecular formula is C8H15N. The van der Waals surface area contributed by atoms with Crippen LogP contribution < -0.4 is 0 Å². The smallest absolute Gasteiger partial charge is 0.0218 e. The highest BCUT2D eigenvalue weighted by molar-refractivity contribution is 5.00. The minimum Gasteiger partial charge on any atom is -0.301 e. The minimum atomic E-state index is 0.708. The molecule has 1 saturated carbocycles. The molecule has 52 valence electrons. The molecule has 1 heterocycles. The van der Waals surface area contributed by atoms with Crippen LogP contribution in [0.1, 0.15) is 32.1 Å². The Kier molecular flexibility index (Phi) is 1.10. The largest absolute Gasteiger partial charge is 0.301 e. The second-order valence-electron chi connectivity index (χ2n) is 3.60. The highest BCUT2D eigenvalue weighted by atomic mass is 15.2. The van der Waals surface area contributed by atoms with Crippen LogP contribution in [0.4, 0.5) is 0 Å². The summed E-state index contributed by atoms with van der Waals surface area (Å²) >= 11 is 0. The number of hydrogen-bond donors (Lipinski definition) is 0. The third kappa shape index (κ3) is 0.644. The molecule has 1 aliphatic heterocycles. The van der Waals surface area contributed by atoms with Gasteiger partial charge in [-0.05, 0) is 26.3 Å². The van der Waals surface area contributed by atoms with Crippen LogP contribution in [0.2, 0.25) is 0 Å². The van der Waals surface area contributed by atoms with E-state index in [2.05, 4.69) is 11.9 Å². The molecule has 2 fully saturated rings. The van der Waals surface area contributed by atoms with Gasteiger partial charge in [0.1, 0.15) is 0 Å². The van der Waals surface area contributed by atoms with Crippen LogP contribution in [0.15, 0.2) is 0 Å². The van der Waals surface area contributed by atoms with E-state index in [4.69, 9.17) is 0 Å². The van der Waals surface area contributed by atoms with E-state index in [0.29, 0.717) is 5.54 Å². The summed E-state index contributed by atoms with van der Waals surface area (Å²) in [5.74, 6) is 0. The molecule has 1 saturated heterocycles. The Balaban J connectivity index is 2.06. The van der Waals surface area contributed by atoms with Crippen LogP contribution in [0.5, 0.6) is 0 Å². The van der Waals surface area contributed by atoms with Gasteiger partial charge in [0.25, 0.3) is 0 Å². The maximum atomic E-state index is 2.54. The zero-order chi connectivity index (χ0) is 6.32. The van der Waals surface area contributed by atoms with E-state index in [0.717, 1.165) is 0 Å². The molecule has 0 N–H and O–H groups in total. The predicted octanol–water partition coefficient (Wildman–Crippen LogP) is 1.63. The van der Waals surface area contributed by atoms with Crippen LogP contribution in [-0.4, -0.2) is 24.0 Å². The molecule has 1 nitrogen and oxygen atoms in total. The monoisotopic (exact) mass is 125 g/mol. The fourth-order valence-electron chi connectivity index (χ4n) is 2.32. The quantitative estimate of drug-likeness (QED) is 0.475. The minimum absolute atomic E-state index is 0.708. The molecule has 1 spiro atoms. The lowest BCUT2D eigenvalue weighted by Gasteiger charge is -2.48. The molecule has 0 aromatic heterocycles. The first-order chi connectivity index (χ1) is 4.33. The van der Waals surface area contributed by atoms with Crippen molar-refractivity contribution in [1.29, 1.82) is 0 Å². The molecule has 0 aromatic rings. The lowest BCUT2D eigenvalue weighted by atomic mass is 9.84. The Morgan fingerprint density at radius 2 is 1.78 bits per heavy atom. The fraction of sp³-hybridized carbons (Fsp3) is 1.00. The topological polar surface area (TPSA) is 3.24 Å². The van der Waals surface area contributed by atoms with Gasteiger partial charge in [-0.2, -0.15) is 0 Å². The molecular weight excluding hydrogens is 110 g/mol. The Morgan fingerprint density at radius 3 is 2.00 bits per heavy atom. The lowest BCUT2D eigenvalue weighted by Crippen LogP contribution is -2.55. The van der Waals surface area contributed by atoms with Crippen molar-refractivity contribution in [2.24, 2.45) is 0 Å². The van der Waals surface area contributed by atoms with Gasteiger partial charge in [-0.1, -0.05) is 12.8 Å². The van der Waals surface area contributed by atoms with E-state index < -0.39 is 0 Å². The van der Waals surface area contributed by atoms with Crippen molar-refractivity contribution in [2.75, 3.05) is 13.6 Å². The molecule has 0 aromatic carbocycles. The van der Waals surface area contributed by atoms with E-state index in [1.165, 1.54) is 38.6 Å². The zero-order valence-electron chi connectivity index (χ0n) is 6.19. The normalized spacial score (nSPS) is 33.0. The summed E-state index contributed by atoms with van der Waals surface area (Å²) in [5.41, 5.74) is 0.708. The van der Waals surface area contributed by atoms with E-state index >= 15 is 0 Å². The van der Waals surface area contributed by atoms with E-state index in [-0.39, 0.29) is 0 Å². The summed E-state index contributed by atoms with van der Waals surface area (Å²) in [7, 11) is 2.27. The van der Waals surface area contributed by atoms with Crippen LogP contribution in [0.3, 0.4) is 0 Å². The van der Waals surface area contributed by atoms with Gasteiger partial charge in [-0.3, -0.25) is 0 Å². The first-order valence-corrected chi connectivity index (χ1v) is 4.05. The van der Waals surface area contributed by atoms with E-state index in [1.807, 2.05) is 0 Å². The lowest BCUT2D eigenvalue weighted by molar-refractivity contribution is 0.0173. The number of likely N-dealkylation sites (tertiary alicyclic amines) is 1. The first-order valence-electron chi connectivity index (χ1n) is 4.05. The fourth-order valence-corrected chi connectivity index (χ4v) is 2.32. The number of nitrogens with zero attached hydrogens (tertiary/aromatic N) is 1. The van der Waals surface area contributed by atoms with E-state index in [9.17, 15) is 0 Å². The van der Waals surface area contributed by atoms with Crippen LogP contribution >= 0.6 is 0 Å². The molecule has 9 heavy (non-hydrogen) atoms. The standard InChI is InChI=1S/C8H15N/c1-9-7-6-8(9)4-2-3-5-8/h2-7H2,1H3. The van der Waals surface area contributed by atoms with E-state index in [1.54, 1.807) is 0 Å². The zero-order valence-corrected chi connectivity index (χ0v) is 6.19. The van der Waals surface area contributed by atoms with Crippen molar-refractivity contribution in [3.8, 4) is 0 Å². The predicted molar refractivity (Wildman–Crippen MR) is 38.4 cm³/mol. The van der Waals surface area contributed by atoms with Gasteiger partial charge in [0, 0.05) is 12.1 Å². The van der Waals surface area contributed by atoms with Gasteiger partial charge < -0.3 is 4.90 Å². The van der Waals surface area contributed by atoms with Crippen molar-refractivity contribution < 1.29 is 0 Å². The van der Waals surface area contributed by atoms with Gasteiger partial charge in [0.05, 0.1) is 0 Å². The maximum Gasteiger partial charge on any atom is 0.0218 e. The summed E-state index contributed by atoms with van der Waals surface area (Å²) in [4.78, 5) is 2.54. The van der Waals surface area contributed by atoms with Gasteiger partial charge >= 0.3 is 0 Å². The molecule has 0 radical (unpaired) electrons. The average molecular weight is 125 g/mol. The number of rotatable bonds is 0. The highest BCUT2D eigenvalue weighted by Crippen LogP contribution is 2.43. The van der Waals surface area contributed by atoms with Crippen molar-refractivity contribution in [3.05, 3.63) is 0 Å². The summed E-state index contributed by atoms with van der Waals surface area (Å²) in [6.07, 6.45) is 7.38. The molecule has 0 amide bonds. The molecule has 1 heteroatoms. The molecule has 1 aliphatic carbocycles. The average Bonchev–Trinajstić information content (AvgIpc) is 2.34. The molecule has 0 unspecified atom stereocenters. The van der Waals surface area contributed by atoms with Gasteiger partial charge in [0.15, 0.2) is 0 Å². The van der Waals surface area contributed by atoms with Crippen LogP contribution in [0, 0.1) is 0 Å². The third-order valence-corrected chi connectivity index (χ3v) is 3.26. The second kappa shape index (κ2) is 1.72. The Bertz CT molecular complexity index is 114. The maximum absolute atomic E-state index is 2.54.